The number of carbonyl (C=O) groups is 1. The third-order valence-corrected chi connectivity index (χ3v) is 3.73. The van der Waals surface area contributed by atoms with E-state index in [1.54, 1.807) is 25.5 Å². The second-order valence-corrected chi connectivity index (χ2v) is 5.49. The smallest absolute Gasteiger partial charge is 0.307 e. The molecule has 0 spiro atoms. The molecule has 0 atom stereocenters. The van der Waals surface area contributed by atoms with Gasteiger partial charge in [-0.2, -0.15) is 5.10 Å². The van der Waals surface area contributed by atoms with E-state index in [0.29, 0.717) is 10.4 Å². The Hall–Kier alpha value is -2.60. The fraction of sp³-hybridized carbons (Fsp3) is 0.0588. The van der Waals surface area contributed by atoms with Crippen LogP contribution in [0, 0.1) is 0 Å². The van der Waals surface area contributed by atoms with E-state index >= 15 is 0 Å². The van der Waals surface area contributed by atoms with Gasteiger partial charge in [-0.05, 0) is 44.9 Å². The summed E-state index contributed by atoms with van der Waals surface area (Å²) in [6.45, 7) is 0. The molecule has 1 heterocycles. The lowest BCUT2D eigenvalue weighted by molar-refractivity contribution is 0.0926. The number of hydrogen-bond acceptors (Lipinski definition) is 4. The summed E-state index contributed by atoms with van der Waals surface area (Å²) in [5, 5.41) is 6.06. The molecule has 0 bridgehead atoms. The van der Waals surface area contributed by atoms with Crippen LogP contribution < -0.4 is 10.2 Å². The molecule has 1 amide bonds. The van der Waals surface area contributed by atoms with E-state index in [9.17, 15) is 4.79 Å². The number of furan rings is 1. The number of nitrogens with zero attached hydrogens (tertiary/aromatic N) is 1. The average Bonchev–Trinajstić information content (AvgIpc) is 3.01. The molecule has 0 aliphatic rings. The standard InChI is InChI=1S/C17H13BrN2O3/c1-22-14-7-6-11-4-2-3-5-12(11)13(14)10-19-20-17(21)15-8-9-16(18)23-15/h2-10H,1H3,(H,20,21). The summed E-state index contributed by atoms with van der Waals surface area (Å²) >= 11 is 3.15. The van der Waals surface area contributed by atoms with Gasteiger partial charge in [-0.3, -0.25) is 4.79 Å². The molecule has 1 N–H and O–H groups in total. The maximum Gasteiger partial charge on any atom is 0.307 e. The third kappa shape index (κ3) is 3.27. The zero-order valence-corrected chi connectivity index (χ0v) is 13.8. The Kier molecular flexibility index (Phi) is 4.43. The van der Waals surface area contributed by atoms with Gasteiger partial charge in [0.2, 0.25) is 0 Å². The first-order valence-corrected chi connectivity index (χ1v) is 7.63. The Morgan fingerprint density at radius 3 is 2.78 bits per heavy atom. The number of carbonyl (C=O) groups excluding carboxylic acids is 1. The minimum Gasteiger partial charge on any atom is -0.496 e. The van der Waals surface area contributed by atoms with Gasteiger partial charge in [0.1, 0.15) is 5.75 Å². The molecule has 6 heteroatoms. The SMILES string of the molecule is COc1ccc2ccccc2c1C=NNC(=O)c1ccc(Br)o1. The van der Waals surface area contributed by atoms with Gasteiger partial charge in [-0.15, -0.1) is 0 Å². The largest absolute Gasteiger partial charge is 0.496 e. The molecular weight excluding hydrogens is 360 g/mol. The van der Waals surface area contributed by atoms with Crippen LogP contribution in [0.5, 0.6) is 5.75 Å². The molecule has 2 aromatic carbocycles. The number of methoxy groups -OCH3 is 1. The van der Waals surface area contributed by atoms with Gasteiger partial charge in [0.05, 0.1) is 13.3 Å². The Morgan fingerprint density at radius 2 is 2.04 bits per heavy atom. The first kappa shape index (κ1) is 15.3. The maximum atomic E-state index is 11.9. The molecule has 0 aliphatic heterocycles. The number of ether oxygens (including phenoxy) is 1. The summed E-state index contributed by atoms with van der Waals surface area (Å²) in [7, 11) is 1.60. The fourth-order valence-electron chi connectivity index (χ4n) is 2.23. The van der Waals surface area contributed by atoms with Gasteiger partial charge in [-0.1, -0.05) is 30.3 Å². The van der Waals surface area contributed by atoms with Crippen molar-refractivity contribution in [3.8, 4) is 5.75 Å². The number of nitrogens with one attached hydrogen (secondary N) is 1. The lowest BCUT2D eigenvalue weighted by Gasteiger charge is -2.08. The van der Waals surface area contributed by atoms with Gasteiger partial charge in [0.15, 0.2) is 10.4 Å². The molecule has 0 aliphatic carbocycles. The second kappa shape index (κ2) is 6.66. The van der Waals surface area contributed by atoms with Crippen molar-refractivity contribution >= 4 is 38.8 Å². The van der Waals surface area contributed by atoms with Crippen molar-refractivity contribution in [2.45, 2.75) is 0 Å². The van der Waals surface area contributed by atoms with Crippen molar-refractivity contribution in [2.24, 2.45) is 5.10 Å². The number of rotatable bonds is 4. The summed E-state index contributed by atoms with van der Waals surface area (Å²) in [4.78, 5) is 11.9. The summed E-state index contributed by atoms with van der Waals surface area (Å²) < 4.78 is 11.0. The van der Waals surface area contributed by atoms with Crippen LogP contribution in [0.15, 0.2) is 62.7 Å². The topological polar surface area (TPSA) is 63.8 Å². The van der Waals surface area contributed by atoms with Crippen LogP contribution in [0.1, 0.15) is 16.1 Å². The van der Waals surface area contributed by atoms with Gasteiger partial charge in [0, 0.05) is 5.56 Å². The van der Waals surface area contributed by atoms with Gasteiger partial charge < -0.3 is 9.15 Å². The zero-order valence-electron chi connectivity index (χ0n) is 12.2. The van der Waals surface area contributed by atoms with Crippen molar-refractivity contribution in [1.29, 1.82) is 0 Å². The number of halogens is 1. The monoisotopic (exact) mass is 372 g/mol. The summed E-state index contributed by atoms with van der Waals surface area (Å²) in [6.07, 6.45) is 1.57. The molecule has 5 nitrogen and oxygen atoms in total. The molecule has 3 rings (SSSR count). The van der Waals surface area contributed by atoms with Crippen molar-refractivity contribution < 1.29 is 13.9 Å². The number of benzene rings is 2. The lowest BCUT2D eigenvalue weighted by atomic mass is 10.0. The highest BCUT2D eigenvalue weighted by molar-refractivity contribution is 9.10. The van der Waals surface area contributed by atoms with E-state index in [0.717, 1.165) is 16.3 Å². The highest BCUT2D eigenvalue weighted by Crippen LogP contribution is 2.26. The Bertz CT molecular complexity index is 886. The van der Waals surface area contributed by atoms with E-state index in [-0.39, 0.29) is 5.76 Å². The molecule has 0 saturated carbocycles. The zero-order chi connectivity index (χ0) is 16.2. The second-order valence-electron chi connectivity index (χ2n) is 4.71. The molecule has 0 saturated heterocycles. The Labute approximate surface area is 141 Å². The van der Waals surface area contributed by atoms with E-state index in [4.69, 9.17) is 9.15 Å². The Morgan fingerprint density at radius 1 is 1.22 bits per heavy atom. The summed E-state index contributed by atoms with van der Waals surface area (Å²) in [6, 6.07) is 14.9. The predicted octanol–water partition coefficient (Wildman–Crippen LogP) is 3.97. The van der Waals surface area contributed by atoms with Crippen LogP contribution >= 0.6 is 15.9 Å². The molecule has 0 radical (unpaired) electrons. The van der Waals surface area contributed by atoms with Crippen LogP contribution in [-0.2, 0) is 0 Å². The number of amides is 1. The number of hydrazone groups is 1. The van der Waals surface area contributed by atoms with E-state index in [1.807, 2.05) is 36.4 Å². The number of hydrogen-bond donors (Lipinski definition) is 1. The van der Waals surface area contributed by atoms with Crippen molar-refractivity contribution in [3.63, 3.8) is 0 Å². The molecule has 0 fully saturated rings. The van der Waals surface area contributed by atoms with Crippen LogP contribution in [0.2, 0.25) is 0 Å². The van der Waals surface area contributed by atoms with Crippen LogP contribution in [0.4, 0.5) is 0 Å². The molecule has 23 heavy (non-hydrogen) atoms. The minimum atomic E-state index is -0.425. The quantitative estimate of drug-likeness (QED) is 0.556. The highest BCUT2D eigenvalue weighted by Gasteiger charge is 2.10. The third-order valence-electron chi connectivity index (χ3n) is 3.31. The molecular formula is C17H13BrN2O3. The van der Waals surface area contributed by atoms with Crippen molar-refractivity contribution in [1.82, 2.24) is 5.43 Å². The molecule has 1 aromatic heterocycles. The minimum absolute atomic E-state index is 0.180. The summed E-state index contributed by atoms with van der Waals surface area (Å²) in [5.41, 5.74) is 3.23. The maximum absolute atomic E-state index is 11.9. The Balaban J connectivity index is 1.87. The van der Waals surface area contributed by atoms with Gasteiger partial charge in [-0.25, -0.2) is 5.43 Å². The summed E-state index contributed by atoms with van der Waals surface area (Å²) in [5.74, 6) is 0.438. The predicted molar refractivity (Wildman–Crippen MR) is 92.0 cm³/mol. The van der Waals surface area contributed by atoms with Crippen molar-refractivity contribution in [3.05, 3.63) is 64.5 Å². The fourth-order valence-corrected chi connectivity index (χ4v) is 2.54. The normalized spacial score (nSPS) is 11.0. The van der Waals surface area contributed by atoms with E-state index < -0.39 is 5.91 Å². The number of fused-ring (bicyclic) bond motifs is 1. The van der Waals surface area contributed by atoms with Crippen molar-refractivity contribution in [2.75, 3.05) is 7.11 Å². The van der Waals surface area contributed by atoms with Gasteiger partial charge in [0.25, 0.3) is 0 Å². The highest BCUT2D eigenvalue weighted by atomic mass is 79.9. The average molecular weight is 373 g/mol. The lowest BCUT2D eigenvalue weighted by Crippen LogP contribution is -2.16. The molecule has 3 aromatic rings. The van der Waals surface area contributed by atoms with Gasteiger partial charge >= 0.3 is 5.91 Å². The molecule has 0 unspecified atom stereocenters. The van der Waals surface area contributed by atoms with E-state index in [1.165, 1.54) is 0 Å². The molecule has 116 valence electrons. The van der Waals surface area contributed by atoms with Crippen LogP contribution in [0.3, 0.4) is 0 Å². The first-order valence-electron chi connectivity index (χ1n) is 6.83. The van der Waals surface area contributed by atoms with Crippen LogP contribution in [0.25, 0.3) is 10.8 Å². The first-order chi connectivity index (χ1) is 11.2. The van der Waals surface area contributed by atoms with Crippen LogP contribution in [-0.4, -0.2) is 19.2 Å². The van der Waals surface area contributed by atoms with E-state index in [2.05, 4.69) is 26.5 Å².